The number of aryl methyl sites for hydroxylation is 1. The van der Waals surface area contributed by atoms with Crippen LogP contribution in [0.2, 0.25) is 6.82 Å². The van der Waals surface area contributed by atoms with E-state index in [2.05, 4.69) is 40.3 Å². The van der Waals surface area contributed by atoms with E-state index in [0.717, 1.165) is 64.5 Å². The Labute approximate surface area is 201 Å². The Morgan fingerprint density at radius 1 is 1.32 bits per heavy atom. The first-order chi connectivity index (χ1) is 16.6. The lowest BCUT2D eigenvalue weighted by molar-refractivity contribution is -0.118. The van der Waals surface area contributed by atoms with Crippen LogP contribution in [0.25, 0.3) is 27.5 Å². The molecule has 5 rings (SSSR count). The van der Waals surface area contributed by atoms with Gasteiger partial charge in [-0.15, -0.1) is 0 Å². The molecule has 3 aromatic heterocycles. The van der Waals surface area contributed by atoms with Gasteiger partial charge in [-0.3, -0.25) is 15.1 Å². The van der Waals surface area contributed by atoms with Crippen LogP contribution in [0.1, 0.15) is 16.8 Å². The second kappa shape index (κ2) is 9.50. The number of hydrogen-bond acceptors (Lipinski definition) is 7. The number of nitrogens with zero attached hydrogens (tertiary/aromatic N) is 4. The maximum Gasteiger partial charge on any atom is 0.251 e. The molecule has 3 heterocycles. The van der Waals surface area contributed by atoms with Gasteiger partial charge in [-0.1, -0.05) is 35.8 Å². The van der Waals surface area contributed by atoms with Gasteiger partial charge >= 0.3 is 0 Å². The fourth-order valence-corrected chi connectivity index (χ4v) is 5.44. The van der Waals surface area contributed by atoms with Crippen LogP contribution in [0.5, 0.6) is 0 Å². The van der Waals surface area contributed by atoms with E-state index in [1.807, 2.05) is 23.0 Å². The van der Waals surface area contributed by atoms with Crippen LogP contribution in [-0.4, -0.2) is 51.8 Å². The summed E-state index contributed by atoms with van der Waals surface area (Å²) >= 11 is 1.41. The molecule has 0 fully saturated rings. The van der Waals surface area contributed by atoms with Gasteiger partial charge in [0, 0.05) is 30.6 Å². The molecule has 8 nitrogen and oxygen atoms in total. The van der Waals surface area contributed by atoms with E-state index in [4.69, 9.17) is 14.9 Å². The Bertz CT molecular complexity index is 1350. The molecule has 0 atom stereocenters. The zero-order valence-electron chi connectivity index (χ0n) is 19.0. The smallest absolute Gasteiger partial charge is 0.251 e. The van der Waals surface area contributed by atoms with E-state index < -0.39 is 12.5 Å². The third kappa shape index (κ3) is 4.04. The summed E-state index contributed by atoms with van der Waals surface area (Å²) in [6.45, 7) is 2.07. The third-order valence-electron chi connectivity index (χ3n) is 5.90. The molecule has 0 spiro atoms. The summed E-state index contributed by atoms with van der Waals surface area (Å²) in [5.41, 5.74) is 8.18. The second-order valence-electron chi connectivity index (χ2n) is 8.08. The van der Waals surface area contributed by atoms with Gasteiger partial charge in [-0.2, -0.15) is 5.10 Å². The molecule has 1 aliphatic rings. The van der Waals surface area contributed by atoms with E-state index in [9.17, 15) is 4.79 Å². The summed E-state index contributed by atoms with van der Waals surface area (Å²) in [5, 5.41) is 17.4. The highest BCUT2D eigenvalue weighted by Gasteiger charge is 2.30. The summed E-state index contributed by atoms with van der Waals surface area (Å²) in [4.78, 5) is 21.7. The molecule has 2 N–H and O–H groups in total. The fraction of sp³-hybridized carbons (Fsp3) is 0.250. The number of aromatic nitrogens is 4. The standard InChI is InChI=1S/C24H24BN5O3S/c1-25-17-7-5-14(13-33-2)10-19(17)30-22-16(21(29-30)15-4-3-9-26-11-15)6-8-18-23(22)34-24(27-18)28-20(32)12-31/h3-5,7,9-11,25,31H,6,8,12-13H2,1-2H3,(H,27,28,32). The van der Waals surface area contributed by atoms with Crippen molar-refractivity contribution in [1.29, 1.82) is 0 Å². The number of anilines is 1. The van der Waals surface area contributed by atoms with Crippen molar-refractivity contribution in [2.75, 3.05) is 19.0 Å². The number of carbonyl (C=O) groups is 1. The summed E-state index contributed by atoms with van der Waals surface area (Å²) in [6, 6.07) is 10.3. The third-order valence-corrected chi connectivity index (χ3v) is 6.92. The maximum atomic E-state index is 11.8. The van der Waals surface area contributed by atoms with Gasteiger partial charge in [0.2, 0.25) is 0 Å². The quantitative estimate of drug-likeness (QED) is 0.400. The molecule has 0 radical (unpaired) electrons. The average Bonchev–Trinajstić information content (AvgIpc) is 3.45. The van der Waals surface area contributed by atoms with E-state index in [1.54, 1.807) is 13.3 Å². The molecule has 1 aliphatic carbocycles. The Kier molecular flexibility index (Phi) is 6.27. The van der Waals surface area contributed by atoms with Gasteiger partial charge in [0.1, 0.15) is 6.61 Å². The Balaban J connectivity index is 1.74. The summed E-state index contributed by atoms with van der Waals surface area (Å²) < 4.78 is 7.40. The van der Waals surface area contributed by atoms with E-state index in [0.29, 0.717) is 11.7 Å². The Hall–Kier alpha value is -3.34. The molecular weight excluding hydrogens is 449 g/mol. The topological polar surface area (TPSA) is 102 Å². The summed E-state index contributed by atoms with van der Waals surface area (Å²) in [5.74, 6) is -0.476. The zero-order valence-corrected chi connectivity index (χ0v) is 19.9. The highest BCUT2D eigenvalue weighted by molar-refractivity contribution is 7.19. The number of hydrogen-bond donors (Lipinski definition) is 2. The molecule has 0 unspecified atom stereocenters. The lowest BCUT2D eigenvalue weighted by atomic mass is 9.72. The number of pyridine rings is 1. The number of methoxy groups -OCH3 is 1. The molecular formula is C24H24BN5O3S. The first-order valence-electron chi connectivity index (χ1n) is 11.2. The molecule has 0 saturated carbocycles. The number of benzene rings is 1. The van der Waals surface area contributed by atoms with Gasteiger partial charge in [-0.25, -0.2) is 9.67 Å². The number of carbonyl (C=O) groups excluding carboxylic acids is 1. The van der Waals surface area contributed by atoms with E-state index >= 15 is 0 Å². The van der Waals surface area contributed by atoms with Crippen LogP contribution in [0.4, 0.5) is 5.13 Å². The van der Waals surface area contributed by atoms with Crippen molar-refractivity contribution in [2.45, 2.75) is 26.3 Å². The fourth-order valence-electron chi connectivity index (χ4n) is 4.35. The van der Waals surface area contributed by atoms with Crippen LogP contribution in [0.3, 0.4) is 0 Å². The number of ether oxygens (including phenoxy) is 1. The lowest BCUT2D eigenvalue weighted by Gasteiger charge is -2.16. The molecule has 34 heavy (non-hydrogen) atoms. The minimum absolute atomic E-state index is 0.476. The number of rotatable bonds is 7. The first kappa shape index (κ1) is 22.5. The molecule has 0 aliphatic heterocycles. The van der Waals surface area contributed by atoms with E-state index in [-0.39, 0.29) is 0 Å². The zero-order chi connectivity index (χ0) is 23.7. The predicted molar refractivity (Wildman–Crippen MR) is 134 cm³/mol. The van der Waals surface area contributed by atoms with Crippen molar-refractivity contribution in [2.24, 2.45) is 0 Å². The lowest BCUT2D eigenvalue weighted by Crippen LogP contribution is -2.20. The van der Waals surface area contributed by atoms with Crippen LogP contribution in [-0.2, 0) is 29.0 Å². The summed E-state index contributed by atoms with van der Waals surface area (Å²) in [7, 11) is 2.54. The predicted octanol–water partition coefficient (Wildman–Crippen LogP) is 2.34. The highest BCUT2D eigenvalue weighted by atomic mass is 32.1. The average molecular weight is 473 g/mol. The van der Waals surface area contributed by atoms with Crippen LogP contribution in [0, 0.1) is 0 Å². The largest absolute Gasteiger partial charge is 0.387 e. The highest BCUT2D eigenvalue weighted by Crippen LogP contribution is 2.43. The van der Waals surface area contributed by atoms with Crippen LogP contribution in [0.15, 0.2) is 42.7 Å². The van der Waals surface area contributed by atoms with Crippen molar-refractivity contribution >= 4 is 35.1 Å². The van der Waals surface area contributed by atoms with Crippen LogP contribution >= 0.6 is 11.3 Å². The first-order valence-corrected chi connectivity index (χ1v) is 12.0. The molecule has 4 aromatic rings. The Morgan fingerprint density at radius 3 is 2.94 bits per heavy atom. The molecule has 0 bridgehead atoms. The number of thiazole rings is 1. The number of amides is 1. The van der Waals surface area contributed by atoms with Gasteiger partial charge in [0.25, 0.3) is 5.91 Å². The number of aliphatic hydroxyl groups excluding tert-OH is 1. The number of fused-ring (bicyclic) bond motifs is 3. The minimum Gasteiger partial charge on any atom is -0.387 e. The van der Waals surface area contributed by atoms with Gasteiger partial charge in [0.15, 0.2) is 12.4 Å². The number of aliphatic hydroxyl groups is 1. The van der Waals surface area contributed by atoms with Crippen molar-refractivity contribution in [3.63, 3.8) is 0 Å². The van der Waals surface area contributed by atoms with E-state index in [1.165, 1.54) is 16.8 Å². The second-order valence-corrected chi connectivity index (χ2v) is 9.08. The minimum atomic E-state index is -0.579. The molecule has 1 aromatic carbocycles. The monoisotopic (exact) mass is 473 g/mol. The molecule has 10 heteroatoms. The van der Waals surface area contributed by atoms with Crippen LogP contribution < -0.4 is 10.8 Å². The molecule has 172 valence electrons. The Morgan fingerprint density at radius 2 is 2.21 bits per heavy atom. The normalized spacial score (nSPS) is 12.2. The SMILES string of the molecule is CBc1ccc(COC)cc1-n1nc(-c2cccnc2)c2c1-c1sc(NC(=O)CO)nc1CC2. The van der Waals surface area contributed by atoms with Gasteiger partial charge in [-0.05, 0) is 36.6 Å². The molecule has 1 amide bonds. The van der Waals surface area contributed by atoms with Crippen molar-refractivity contribution in [3.8, 4) is 27.5 Å². The van der Waals surface area contributed by atoms with Crippen molar-refractivity contribution < 1.29 is 14.6 Å². The van der Waals surface area contributed by atoms with Gasteiger partial charge in [0.05, 0.1) is 34.3 Å². The number of nitrogens with one attached hydrogen (secondary N) is 1. The van der Waals surface area contributed by atoms with Gasteiger partial charge < -0.3 is 9.84 Å². The maximum absolute atomic E-state index is 11.8. The molecule has 0 saturated heterocycles. The summed E-state index contributed by atoms with van der Waals surface area (Å²) in [6.07, 6.45) is 5.12. The van der Waals surface area contributed by atoms with Crippen molar-refractivity contribution in [1.82, 2.24) is 19.7 Å². The van der Waals surface area contributed by atoms with Crippen molar-refractivity contribution in [3.05, 3.63) is 59.5 Å².